The molecule has 2 heteroatoms. The average Bonchev–Trinajstić information content (AvgIpc) is 2.52. The Labute approximate surface area is 130 Å². The number of piperidine rings is 1. The number of rotatable bonds is 7. The van der Waals surface area contributed by atoms with Crippen molar-refractivity contribution in [2.24, 2.45) is 5.41 Å². The lowest BCUT2D eigenvalue weighted by atomic mass is 9.80. The Morgan fingerprint density at radius 3 is 2.48 bits per heavy atom. The molecule has 118 valence electrons. The maximum Gasteiger partial charge on any atom is 0.0320 e. The molecule has 0 radical (unpaired) electrons. The molecular weight excluding hydrogens is 256 g/mol. The summed E-state index contributed by atoms with van der Waals surface area (Å²) in [6.07, 6.45) is 6.44. The molecule has 0 aromatic heterocycles. The highest BCUT2D eigenvalue weighted by atomic mass is 15.1. The summed E-state index contributed by atoms with van der Waals surface area (Å²) in [7, 11) is 2.24. The number of nitrogens with one attached hydrogen (secondary N) is 1. The predicted octanol–water partition coefficient (Wildman–Crippen LogP) is 4.24. The molecule has 1 heterocycles. The lowest BCUT2D eigenvalue weighted by Crippen LogP contribution is -2.42. The van der Waals surface area contributed by atoms with Crippen LogP contribution in [0.1, 0.15) is 57.6 Å². The molecule has 0 amide bonds. The summed E-state index contributed by atoms with van der Waals surface area (Å²) in [5.41, 5.74) is 1.91. The van der Waals surface area contributed by atoms with Gasteiger partial charge in [0.1, 0.15) is 0 Å². The SMILES string of the molecule is CCCCC(NCC1(C)CCN(C)CC1)c1ccccc1. The molecule has 1 atom stereocenters. The third kappa shape index (κ3) is 5.12. The van der Waals surface area contributed by atoms with E-state index in [1.54, 1.807) is 0 Å². The summed E-state index contributed by atoms with van der Waals surface area (Å²) < 4.78 is 0. The molecule has 2 rings (SSSR count). The van der Waals surface area contributed by atoms with Gasteiger partial charge in [0.15, 0.2) is 0 Å². The zero-order chi connectivity index (χ0) is 15.1. The Balaban J connectivity index is 1.92. The minimum atomic E-state index is 0.464. The molecule has 1 saturated heterocycles. The molecule has 0 aliphatic carbocycles. The number of hydrogen-bond donors (Lipinski definition) is 1. The van der Waals surface area contributed by atoms with Crippen molar-refractivity contribution in [2.75, 3.05) is 26.7 Å². The fourth-order valence-corrected chi connectivity index (χ4v) is 3.18. The van der Waals surface area contributed by atoms with Gasteiger partial charge >= 0.3 is 0 Å². The molecule has 1 aromatic carbocycles. The first-order valence-corrected chi connectivity index (χ1v) is 8.60. The normalized spacial score (nSPS) is 20.3. The lowest BCUT2D eigenvalue weighted by Gasteiger charge is -2.39. The standard InChI is InChI=1S/C19H32N2/c1-4-5-11-18(17-9-7-6-8-10-17)20-16-19(2)12-14-21(3)15-13-19/h6-10,18,20H,4-5,11-16H2,1-3H3. The summed E-state index contributed by atoms with van der Waals surface area (Å²) in [6.45, 7) is 8.35. The van der Waals surface area contributed by atoms with E-state index in [9.17, 15) is 0 Å². The van der Waals surface area contributed by atoms with E-state index in [4.69, 9.17) is 0 Å². The van der Waals surface area contributed by atoms with Crippen molar-refractivity contribution in [1.82, 2.24) is 10.2 Å². The van der Waals surface area contributed by atoms with Crippen molar-refractivity contribution in [1.29, 1.82) is 0 Å². The van der Waals surface area contributed by atoms with Gasteiger partial charge in [0.25, 0.3) is 0 Å². The third-order valence-electron chi connectivity index (χ3n) is 5.02. The summed E-state index contributed by atoms with van der Waals surface area (Å²) in [4.78, 5) is 2.45. The van der Waals surface area contributed by atoms with Gasteiger partial charge in [-0.1, -0.05) is 57.0 Å². The molecule has 0 bridgehead atoms. The van der Waals surface area contributed by atoms with Crippen molar-refractivity contribution in [3.8, 4) is 0 Å². The zero-order valence-electron chi connectivity index (χ0n) is 14.1. The van der Waals surface area contributed by atoms with E-state index in [0.29, 0.717) is 11.5 Å². The van der Waals surface area contributed by atoms with Gasteiger partial charge in [0.2, 0.25) is 0 Å². The van der Waals surface area contributed by atoms with Gasteiger partial charge in [-0.2, -0.15) is 0 Å². The highest BCUT2D eigenvalue weighted by molar-refractivity contribution is 5.18. The van der Waals surface area contributed by atoms with Gasteiger partial charge in [-0.3, -0.25) is 0 Å². The first-order valence-electron chi connectivity index (χ1n) is 8.60. The minimum absolute atomic E-state index is 0.464. The highest BCUT2D eigenvalue weighted by Gasteiger charge is 2.29. The van der Waals surface area contributed by atoms with E-state index in [1.807, 2.05) is 0 Å². The van der Waals surface area contributed by atoms with Crippen LogP contribution in [0.25, 0.3) is 0 Å². The number of hydrogen-bond acceptors (Lipinski definition) is 2. The topological polar surface area (TPSA) is 15.3 Å². The summed E-state index contributed by atoms with van der Waals surface area (Å²) in [5.74, 6) is 0. The molecule has 1 unspecified atom stereocenters. The number of nitrogens with zero attached hydrogens (tertiary/aromatic N) is 1. The van der Waals surface area contributed by atoms with Crippen molar-refractivity contribution in [3.05, 3.63) is 35.9 Å². The average molecular weight is 288 g/mol. The van der Waals surface area contributed by atoms with Crippen LogP contribution in [-0.2, 0) is 0 Å². The van der Waals surface area contributed by atoms with Crippen LogP contribution in [0.15, 0.2) is 30.3 Å². The van der Waals surface area contributed by atoms with Crippen LogP contribution in [0.4, 0.5) is 0 Å². The second-order valence-corrected chi connectivity index (χ2v) is 7.10. The second kappa shape index (κ2) is 7.95. The summed E-state index contributed by atoms with van der Waals surface area (Å²) >= 11 is 0. The van der Waals surface area contributed by atoms with Gasteiger partial charge in [0, 0.05) is 12.6 Å². The fraction of sp³-hybridized carbons (Fsp3) is 0.684. The second-order valence-electron chi connectivity index (χ2n) is 7.10. The Morgan fingerprint density at radius 2 is 1.86 bits per heavy atom. The maximum atomic E-state index is 3.88. The van der Waals surface area contributed by atoms with E-state index in [0.717, 1.165) is 6.54 Å². The molecule has 1 N–H and O–H groups in total. The van der Waals surface area contributed by atoms with E-state index in [2.05, 4.69) is 61.4 Å². The summed E-state index contributed by atoms with van der Waals surface area (Å²) in [6, 6.07) is 11.5. The zero-order valence-corrected chi connectivity index (χ0v) is 14.1. The Morgan fingerprint density at radius 1 is 1.19 bits per heavy atom. The van der Waals surface area contributed by atoms with Crippen LogP contribution in [0, 0.1) is 5.41 Å². The van der Waals surface area contributed by atoms with Crippen LogP contribution in [0.3, 0.4) is 0 Å². The Kier molecular flexibility index (Phi) is 6.25. The van der Waals surface area contributed by atoms with Gasteiger partial charge in [0.05, 0.1) is 0 Å². The molecule has 2 nitrogen and oxygen atoms in total. The van der Waals surface area contributed by atoms with E-state index < -0.39 is 0 Å². The maximum absolute atomic E-state index is 3.88. The van der Waals surface area contributed by atoms with Crippen molar-refractivity contribution >= 4 is 0 Å². The molecule has 1 fully saturated rings. The Hall–Kier alpha value is -0.860. The first-order chi connectivity index (χ1) is 10.1. The van der Waals surface area contributed by atoms with E-state index >= 15 is 0 Å². The van der Waals surface area contributed by atoms with E-state index in [-0.39, 0.29) is 0 Å². The molecule has 0 spiro atoms. The van der Waals surface area contributed by atoms with Crippen molar-refractivity contribution < 1.29 is 0 Å². The minimum Gasteiger partial charge on any atom is -0.309 e. The predicted molar refractivity (Wildman–Crippen MR) is 91.5 cm³/mol. The quantitative estimate of drug-likeness (QED) is 0.807. The van der Waals surface area contributed by atoms with Crippen LogP contribution in [0.5, 0.6) is 0 Å². The molecule has 1 aliphatic heterocycles. The molecule has 1 aromatic rings. The van der Waals surface area contributed by atoms with Crippen LogP contribution >= 0.6 is 0 Å². The van der Waals surface area contributed by atoms with Crippen molar-refractivity contribution in [2.45, 2.75) is 52.0 Å². The van der Waals surface area contributed by atoms with Crippen LogP contribution < -0.4 is 5.32 Å². The first kappa shape index (κ1) is 16.5. The monoisotopic (exact) mass is 288 g/mol. The Bertz CT molecular complexity index is 393. The molecule has 1 aliphatic rings. The molecule has 21 heavy (non-hydrogen) atoms. The van der Waals surface area contributed by atoms with Gasteiger partial charge < -0.3 is 10.2 Å². The number of unbranched alkanes of at least 4 members (excludes halogenated alkanes) is 1. The summed E-state index contributed by atoms with van der Waals surface area (Å²) in [5, 5.41) is 3.88. The largest absolute Gasteiger partial charge is 0.309 e. The van der Waals surface area contributed by atoms with Crippen LogP contribution in [-0.4, -0.2) is 31.6 Å². The number of likely N-dealkylation sites (tertiary alicyclic amines) is 1. The fourth-order valence-electron chi connectivity index (χ4n) is 3.18. The van der Waals surface area contributed by atoms with E-state index in [1.165, 1.54) is 50.8 Å². The molecule has 0 saturated carbocycles. The van der Waals surface area contributed by atoms with Gasteiger partial charge in [-0.05, 0) is 50.4 Å². The van der Waals surface area contributed by atoms with Crippen molar-refractivity contribution in [3.63, 3.8) is 0 Å². The number of benzene rings is 1. The highest BCUT2D eigenvalue weighted by Crippen LogP contribution is 2.31. The van der Waals surface area contributed by atoms with Gasteiger partial charge in [-0.15, -0.1) is 0 Å². The third-order valence-corrected chi connectivity index (χ3v) is 5.02. The smallest absolute Gasteiger partial charge is 0.0320 e. The molecular formula is C19H32N2. The lowest BCUT2D eigenvalue weighted by molar-refractivity contribution is 0.132. The van der Waals surface area contributed by atoms with Gasteiger partial charge in [-0.25, -0.2) is 0 Å². The van der Waals surface area contributed by atoms with Crippen LogP contribution in [0.2, 0.25) is 0 Å².